The van der Waals surface area contributed by atoms with Crippen LogP contribution in [0.5, 0.6) is 5.75 Å². The third-order valence-electron chi connectivity index (χ3n) is 1.98. The highest BCUT2D eigenvalue weighted by Crippen LogP contribution is 2.19. The van der Waals surface area contributed by atoms with Gasteiger partial charge in [-0.1, -0.05) is 17.3 Å². The van der Waals surface area contributed by atoms with Gasteiger partial charge in [-0.3, -0.25) is 4.79 Å². The van der Waals surface area contributed by atoms with Crippen LogP contribution in [0.1, 0.15) is 0 Å². The molecule has 1 aromatic heterocycles. The van der Waals surface area contributed by atoms with Gasteiger partial charge in [0.05, 0.1) is 5.69 Å². The Kier molecular flexibility index (Phi) is 3.25. The van der Waals surface area contributed by atoms with Crippen LogP contribution in [-0.4, -0.2) is 17.7 Å². The first-order valence-electron chi connectivity index (χ1n) is 4.93. The second-order valence-corrected chi connectivity index (χ2v) is 3.26. The lowest BCUT2D eigenvalue weighted by Gasteiger charge is -2.07. The average Bonchev–Trinajstić information content (AvgIpc) is 2.81. The summed E-state index contributed by atoms with van der Waals surface area (Å²) in [5.74, 6) is 0.490. The van der Waals surface area contributed by atoms with Gasteiger partial charge < -0.3 is 20.3 Å². The Morgan fingerprint density at radius 2 is 2.24 bits per heavy atom. The molecule has 0 aliphatic heterocycles. The predicted molar refractivity (Wildman–Crippen MR) is 61.5 cm³/mol. The number of anilines is 2. The van der Waals surface area contributed by atoms with Crippen LogP contribution in [0.25, 0.3) is 0 Å². The Morgan fingerprint density at radius 1 is 1.41 bits per heavy atom. The number of para-hydroxylation sites is 2. The molecule has 6 nitrogen and oxygen atoms in total. The molecule has 0 unspecified atom stereocenters. The number of amides is 1. The van der Waals surface area contributed by atoms with Crippen molar-refractivity contribution in [2.24, 2.45) is 0 Å². The summed E-state index contributed by atoms with van der Waals surface area (Å²) in [4.78, 5) is 11.4. The molecule has 1 heterocycles. The van der Waals surface area contributed by atoms with E-state index in [9.17, 15) is 4.79 Å². The SMILES string of the molecule is Nc1ccccc1OCC(=O)Nc1ccon1. The van der Waals surface area contributed by atoms with E-state index in [0.29, 0.717) is 17.3 Å². The molecule has 0 atom stereocenters. The van der Waals surface area contributed by atoms with Crippen LogP contribution in [0.3, 0.4) is 0 Å². The van der Waals surface area contributed by atoms with Gasteiger partial charge in [0, 0.05) is 6.07 Å². The Hall–Kier alpha value is -2.50. The van der Waals surface area contributed by atoms with Gasteiger partial charge in [0.15, 0.2) is 12.4 Å². The van der Waals surface area contributed by atoms with E-state index in [0.717, 1.165) is 0 Å². The van der Waals surface area contributed by atoms with Gasteiger partial charge in [-0.25, -0.2) is 0 Å². The van der Waals surface area contributed by atoms with E-state index in [-0.39, 0.29) is 12.5 Å². The summed E-state index contributed by atoms with van der Waals surface area (Å²) in [7, 11) is 0. The summed E-state index contributed by atoms with van der Waals surface area (Å²) in [5.41, 5.74) is 6.15. The standard InChI is InChI=1S/C11H11N3O3/c12-8-3-1-2-4-9(8)16-7-11(15)13-10-5-6-17-14-10/h1-6H,7,12H2,(H,13,14,15). The quantitative estimate of drug-likeness (QED) is 0.776. The van der Waals surface area contributed by atoms with Gasteiger partial charge in [-0.15, -0.1) is 0 Å². The van der Waals surface area contributed by atoms with Gasteiger partial charge in [0.1, 0.15) is 12.0 Å². The van der Waals surface area contributed by atoms with Crippen molar-refractivity contribution in [1.29, 1.82) is 0 Å². The largest absolute Gasteiger partial charge is 0.482 e. The van der Waals surface area contributed by atoms with E-state index < -0.39 is 0 Å². The zero-order valence-corrected chi connectivity index (χ0v) is 8.92. The molecule has 0 aliphatic carbocycles. The maximum atomic E-state index is 11.4. The molecule has 2 aromatic rings. The van der Waals surface area contributed by atoms with E-state index >= 15 is 0 Å². The number of nitrogens with two attached hydrogens (primary N) is 1. The summed E-state index contributed by atoms with van der Waals surface area (Å²) in [6, 6.07) is 8.50. The number of hydrogen-bond donors (Lipinski definition) is 2. The zero-order chi connectivity index (χ0) is 12.1. The van der Waals surface area contributed by atoms with Crippen LogP contribution in [0.2, 0.25) is 0 Å². The van der Waals surface area contributed by atoms with Crippen molar-refractivity contribution >= 4 is 17.4 Å². The van der Waals surface area contributed by atoms with Gasteiger partial charge in [-0.2, -0.15) is 0 Å². The molecule has 0 saturated carbocycles. The van der Waals surface area contributed by atoms with E-state index in [1.165, 1.54) is 12.3 Å². The third kappa shape index (κ3) is 2.97. The molecule has 17 heavy (non-hydrogen) atoms. The molecule has 0 fully saturated rings. The van der Waals surface area contributed by atoms with Crippen LogP contribution in [-0.2, 0) is 4.79 Å². The lowest BCUT2D eigenvalue weighted by atomic mass is 10.3. The summed E-state index contributed by atoms with van der Waals surface area (Å²) < 4.78 is 9.82. The van der Waals surface area contributed by atoms with Crippen molar-refractivity contribution in [1.82, 2.24) is 5.16 Å². The number of carbonyl (C=O) groups excluding carboxylic acids is 1. The van der Waals surface area contributed by atoms with Gasteiger partial charge in [0.25, 0.3) is 5.91 Å². The third-order valence-corrected chi connectivity index (χ3v) is 1.98. The highest BCUT2D eigenvalue weighted by molar-refractivity contribution is 5.90. The Bertz CT molecular complexity index is 496. The van der Waals surface area contributed by atoms with Crippen LogP contribution in [0.15, 0.2) is 41.1 Å². The molecule has 6 heteroatoms. The molecule has 3 N–H and O–H groups in total. The van der Waals surface area contributed by atoms with Gasteiger partial charge >= 0.3 is 0 Å². The molecule has 0 saturated heterocycles. The lowest BCUT2D eigenvalue weighted by Crippen LogP contribution is -2.20. The smallest absolute Gasteiger partial charge is 0.263 e. The number of nitrogens with zero attached hydrogens (tertiary/aromatic N) is 1. The fraction of sp³-hybridized carbons (Fsp3) is 0.0909. The highest BCUT2D eigenvalue weighted by atomic mass is 16.5. The van der Waals surface area contributed by atoms with Crippen molar-refractivity contribution in [3.05, 3.63) is 36.6 Å². The fourth-order valence-electron chi connectivity index (χ4n) is 1.21. The number of nitrogen functional groups attached to an aromatic ring is 1. The van der Waals surface area contributed by atoms with E-state index in [4.69, 9.17) is 10.5 Å². The summed E-state index contributed by atoms with van der Waals surface area (Å²) in [5, 5.41) is 6.04. The molecule has 0 spiro atoms. The van der Waals surface area contributed by atoms with Gasteiger partial charge in [-0.05, 0) is 12.1 Å². The van der Waals surface area contributed by atoms with Crippen LogP contribution in [0.4, 0.5) is 11.5 Å². The first kappa shape index (κ1) is 11.0. The summed E-state index contributed by atoms with van der Waals surface area (Å²) >= 11 is 0. The number of aromatic nitrogens is 1. The average molecular weight is 233 g/mol. The fourth-order valence-corrected chi connectivity index (χ4v) is 1.21. The van der Waals surface area contributed by atoms with E-state index in [2.05, 4.69) is 15.0 Å². The van der Waals surface area contributed by atoms with Crippen LogP contribution < -0.4 is 15.8 Å². The number of carbonyl (C=O) groups is 1. The first-order valence-corrected chi connectivity index (χ1v) is 4.93. The minimum Gasteiger partial charge on any atom is -0.482 e. The Labute approximate surface area is 97.3 Å². The molecule has 0 bridgehead atoms. The maximum Gasteiger partial charge on any atom is 0.263 e. The number of hydrogen-bond acceptors (Lipinski definition) is 5. The Morgan fingerprint density at radius 3 is 2.94 bits per heavy atom. The number of nitrogens with one attached hydrogen (secondary N) is 1. The number of ether oxygens (including phenoxy) is 1. The van der Waals surface area contributed by atoms with Crippen molar-refractivity contribution in [3.8, 4) is 5.75 Å². The van der Waals surface area contributed by atoms with Crippen LogP contribution >= 0.6 is 0 Å². The van der Waals surface area contributed by atoms with Gasteiger partial charge in [0.2, 0.25) is 0 Å². The molecular weight excluding hydrogens is 222 g/mol. The minimum absolute atomic E-state index is 0.138. The van der Waals surface area contributed by atoms with E-state index in [1.54, 1.807) is 24.3 Å². The second-order valence-electron chi connectivity index (χ2n) is 3.26. The molecular formula is C11H11N3O3. The van der Waals surface area contributed by atoms with Crippen molar-refractivity contribution in [2.75, 3.05) is 17.7 Å². The normalized spacial score (nSPS) is 9.88. The first-order chi connectivity index (χ1) is 8.25. The molecule has 0 radical (unpaired) electrons. The van der Waals surface area contributed by atoms with Crippen LogP contribution in [0, 0.1) is 0 Å². The lowest BCUT2D eigenvalue weighted by molar-refractivity contribution is -0.118. The Balaban J connectivity index is 1.86. The topological polar surface area (TPSA) is 90.4 Å². The minimum atomic E-state index is -0.331. The van der Waals surface area contributed by atoms with Crippen molar-refractivity contribution in [3.63, 3.8) is 0 Å². The summed E-state index contributed by atoms with van der Waals surface area (Å²) in [6.07, 6.45) is 1.37. The second kappa shape index (κ2) is 5.02. The number of rotatable bonds is 4. The monoisotopic (exact) mass is 233 g/mol. The predicted octanol–water partition coefficient (Wildman–Crippen LogP) is 1.27. The molecule has 1 aromatic carbocycles. The van der Waals surface area contributed by atoms with Crippen molar-refractivity contribution < 1.29 is 14.1 Å². The van der Waals surface area contributed by atoms with E-state index in [1.807, 2.05) is 0 Å². The molecule has 2 rings (SSSR count). The molecule has 1 amide bonds. The molecule has 0 aliphatic rings. The number of benzene rings is 1. The zero-order valence-electron chi connectivity index (χ0n) is 8.92. The van der Waals surface area contributed by atoms with Crippen molar-refractivity contribution in [2.45, 2.75) is 0 Å². The molecule has 88 valence electrons. The maximum absolute atomic E-state index is 11.4. The summed E-state index contributed by atoms with van der Waals surface area (Å²) in [6.45, 7) is -0.138. The highest BCUT2D eigenvalue weighted by Gasteiger charge is 2.06.